The maximum Gasteiger partial charge on any atom is 0.332 e. The summed E-state index contributed by atoms with van der Waals surface area (Å²) >= 11 is 12.3. The standard InChI is InChI=1S/C22H22Cl2N2O3/c1-15-5-2-3-7-18(15)21(16-8-9-19(23)20(24)13-16)25-29-12-11-26-10-4-6-17(14-26)22(27)28/h2-3,5-9,13H,4,10-12,14H2,1H3,(H,27,28)/b25-21+. The Bertz CT molecular complexity index is 957. The van der Waals surface area contributed by atoms with Gasteiger partial charge in [-0.25, -0.2) is 4.79 Å². The van der Waals surface area contributed by atoms with Crippen LogP contribution in [0, 0.1) is 6.92 Å². The number of aliphatic carboxylic acids is 1. The molecule has 2 aromatic carbocycles. The van der Waals surface area contributed by atoms with Crippen LogP contribution in [0.3, 0.4) is 0 Å². The smallest absolute Gasteiger partial charge is 0.332 e. The van der Waals surface area contributed by atoms with E-state index < -0.39 is 5.97 Å². The number of aryl methyl sites for hydroxylation is 1. The van der Waals surface area contributed by atoms with Gasteiger partial charge in [-0.15, -0.1) is 0 Å². The van der Waals surface area contributed by atoms with E-state index in [2.05, 4.69) is 5.16 Å². The molecular formula is C22H22Cl2N2O3. The van der Waals surface area contributed by atoms with Crippen molar-refractivity contribution >= 4 is 34.9 Å². The van der Waals surface area contributed by atoms with E-state index in [0.717, 1.165) is 29.7 Å². The van der Waals surface area contributed by atoms with E-state index in [1.54, 1.807) is 18.2 Å². The van der Waals surface area contributed by atoms with Crippen molar-refractivity contribution in [2.24, 2.45) is 5.16 Å². The third-order valence-corrected chi connectivity index (χ3v) is 5.49. The molecule has 0 amide bonds. The molecule has 1 N–H and O–H groups in total. The number of hydrogen-bond acceptors (Lipinski definition) is 4. The van der Waals surface area contributed by atoms with Crippen molar-refractivity contribution < 1.29 is 14.7 Å². The highest BCUT2D eigenvalue weighted by atomic mass is 35.5. The van der Waals surface area contributed by atoms with E-state index in [4.69, 9.17) is 33.1 Å². The molecule has 1 heterocycles. The molecule has 0 fully saturated rings. The highest BCUT2D eigenvalue weighted by molar-refractivity contribution is 6.42. The molecule has 1 aliphatic heterocycles. The van der Waals surface area contributed by atoms with E-state index in [1.807, 2.05) is 42.2 Å². The lowest BCUT2D eigenvalue weighted by Crippen LogP contribution is -2.34. The van der Waals surface area contributed by atoms with E-state index in [0.29, 0.717) is 41.0 Å². The van der Waals surface area contributed by atoms with Crippen LogP contribution in [0.1, 0.15) is 23.1 Å². The van der Waals surface area contributed by atoms with E-state index in [-0.39, 0.29) is 0 Å². The average molecular weight is 433 g/mol. The van der Waals surface area contributed by atoms with Crippen molar-refractivity contribution in [2.45, 2.75) is 13.3 Å². The molecule has 0 aromatic heterocycles. The first-order chi connectivity index (χ1) is 14.0. The molecule has 2 aromatic rings. The molecule has 5 nitrogen and oxygen atoms in total. The van der Waals surface area contributed by atoms with Gasteiger partial charge in [0.25, 0.3) is 0 Å². The number of rotatable bonds is 7. The third-order valence-electron chi connectivity index (χ3n) is 4.75. The zero-order valence-corrected chi connectivity index (χ0v) is 17.6. The second kappa shape index (κ2) is 9.92. The van der Waals surface area contributed by atoms with Crippen molar-refractivity contribution in [3.8, 4) is 0 Å². The third kappa shape index (κ3) is 5.60. The Balaban J connectivity index is 1.74. The van der Waals surface area contributed by atoms with Crippen molar-refractivity contribution in [1.29, 1.82) is 0 Å². The molecular weight excluding hydrogens is 411 g/mol. The minimum atomic E-state index is -0.866. The maximum atomic E-state index is 11.1. The van der Waals surface area contributed by atoms with Crippen LogP contribution in [0.2, 0.25) is 10.0 Å². The summed E-state index contributed by atoms with van der Waals surface area (Å²) in [6.45, 7) is 4.18. The van der Waals surface area contributed by atoms with Gasteiger partial charge < -0.3 is 9.94 Å². The van der Waals surface area contributed by atoms with Gasteiger partial charge in [0.1, 0.15) is 12.3 Å². The summed E-state index contributed by atoms with van der Waals surface area (Å²) in [5, 5.41) is 14.5. The number of carboxylic acids is 1. The quantitative estimate of drug-likeness (QED) is 0.388. The maximum absolute atomic E-state index is 11.1. The van der Waals surface area contributed by atoms with Crippen molar-refractivity contribution in [3.05, 3.63) is 80.8 Å². The first kappa shape index (κ1) is 21.4. The number of benzene rings is 2. The molecule has 0 bridgehead atoms. The zero-order chi connectivity index (χ0) is 20.8. The Morgan fingerprint density at radius 3 is 2.72 bits per heavy atom. The van der Waals surface area contributed by atoms with Crippen LogP contribution in [0.5, 0.6) is 0 Å². The van der Waals surface area contributed by atoms with Gasteiger partial charge in [-0.05, 0) is 31.0 Å². The molecule has 0 radical (unpaired) electrons. The predicted molar refractivity (Wildman–Crippen MR) is 116 cm³/mol. The Labute approximate surface area is 180 Å². The van der Waals surface area contributed by atoms with Gasteiger partial charge in [-0.3, -0.25) is 4.90 Å². The minimum absolute atomic E-state index is 0.351. The lowest BCUT2D eigenvalue weighted by atomic mass is 9.98. The van der Waals surface area contributed by atoms with Crippen molar-refractivity contribution in [3.63, 3.8) is 0 Å². The summed E-state index contributed by atoms with van der Waals surface area (Å²) in [7, 11) is 0. The monoisotopic (exact) mass is 432 g/mol. The second-order valence-corrected chi connectivity index (χ2v) is 7.63. The van der Waals surface area contributed by atoms with Crippen LogP contribution in [0.15, 0.2) is 59.3 Å². The van der Waals surface area contributed by atoms with Gasteiger partial charge in [-0.1, -0.05) is 64.8 Å². The van der Waals surface area contributed by atoms with Gasteiger partial charge in [0.05, 0.1) is 10.0 Å². The van der Waals surface area contributed by atoms with Gasteiger partial charge in [-0.2, -0.15) is 0 Å². The van der Waals surface area contributed by atoms with Gasteiger partial charge in [0.2, 0.25) is 0 Å². The molecule has 1 aliphatic rings. The van der Waals surface area contributed by atoms with Gasteiger partial charge in [0, 0.05) is 36.3 Å². The zero-order valence-electron chi connectivity index (χ0n) is 16.1. The number of carboxylic acid groups (broad SMARTS) is 1. The minimum Gasteiger partial charge on any atom is -0.478 e. The molecule has 152 valence electrons. The van der Waals surface area contributed by atoms with Gasteiger partial charge in [0.15, 0.2) is 0 Å². The first-order valence-electron chi connectivity index (χ1n) is 9.32. The van der Waals surface area contributed by atoms with Crippen LogP contribution in [0.4, 0.5) is 0 Å². The lowest BCUT2D eigenvalue weighted by Gasteiger charge is -2.24. The molecule has 0 saturated heterocycles. The fraction of sp³-hybridized carbons (Fsp3) is 0.273. The molecule has 3 rings (SSSR count). The molecule has 0 unspecified atom stereocenters. The van der Waals surface area contributed by atoms with Crippen LogP contribution in [-0.2, 0) is 9.63 Å². The number of halogens is 2. The lowest BCUT2D eigenvalue weighted by molar-refractivity contribution is -0.133. The topological polar surface area (TPSA) is 62.1 Å². The molecule has 0 saturated carbocycles. The average Bonchev–Trinajstić information content (AvgIpc) is 2.71. The summed E-state index contributed by atoms with van der Waals surface area (Å²) in [6.07, 6.45) is 2.50. The first-order valence-corrected chi connectivity index (χ1v) is 10.1. The fourth-order valence-corrected chi connectivity index (χ4v) is 3.47. The number of oxime groups is 1. The van der Waals surface area contributed by atoms with Crippen LogP contribution in [0.25, 0.3) is 0 Å². The summed E-state index contributed by atoms with van der Waals surface area (Å²) in [4.78, 5) is 18.8. The number of hydrogen-bond donors (Lipinski definition) is 1. The largest absolute Gasteiger partial charge is 0.478 e. The number of carbonyl (C=O) groups is 1. The highest BCUT2D eigenvalue weighted by Crippen LogP contribution is 2.25. The Morgan fingerprint density at radius 1 is 1.21 bits per heavy atom. The molecule has 7 heteroatoms. The normalized spacial score (nSPS) is 15.1. The molecule has 0 atom stereocenters. The van der Waals surface area contributed by atoms with E-state index in [9.17, 15) is 4.79 Å². The SMILES string of the molecule is Cc1ccccc1/C(=N/OCCN1CCC=C(C(=O)O)C1)c1ccc(Cl)c(Cl)c1. The molecule has 29 heavy (non-hydrogen) atoms. The molecule has 0 spiro atoms. The Hall–Kier alpha value is -2.34. The summed E-state index contributed by atoms with van der Waals surface area (Å²) in [5.41, 5.74) is 3.92. The predicted octanol–water partition coefficient (Wildman–Crippen LogP) is 4.79. The fourth-order valence-electron chi connectivity index (χ4n) is 3.17. The van der Waals surface area contributed by atoms with Crippen LogP contribution in [-0.4, -0.2) is 47.9 Å². The summed E-state index contributed by atoms with van der Waals surface area (Å²) in [6, 6.07) is 13.3. The second-order valence-electron chi connectivity index (χ2n) is 6.82. The number of nitrogens with zero attached hydrogens (tertiary/aromatic N) is 2. The van der Waals surface area contributed by atoms with Crippen LogP contribution >= 0.6 is 23.2 Å². The van der Waals surface area contributed by atoms with E-state index >= 15 is 0 Å². The van der Waals surface area contributed by atoms with Crippen molar-refractivity contribution in [2.75, 3.05) is 26.2 Å². The summed E-state index contributed by atoms with van der Waals surface area (Å²) in [5.74, 6) is -0.866. The van der Waals surface area contributed by atoms with Crippen LogP contribution < -0.4 is 0 Å². The van der Waals surface area contributed by atoms with Crippen molar-refractivity contribution in [1.82, 2.24) is 4.90 Å². The van der Waals surface area contributed by atoms with E-state index in [1.165, 1.54) is 0 Å². The Morgan fingerprint density at radius 2 is 2.00 bits per heavy atom. The Kier molecular flexibility index (Phi) is 7.31. The molecule has 0 aliphatic carbocycles. The van der Waals surface area contributed by atoms with Gasteiger partial charge >= 0.3 is 5.97 Å². The highest BCUT2D eigenvalue weighted by Gasteiger charge is 2.17. The summed E-state index contributed by atoms with van der Waals surface area (Å²) < 4.78 is 0.